The molecule has 0 bridgehead atoms. The van der Waals surface area contributed by atoms with Crippen LogP contribution in [-0.2, 0) is 7.05 Å². The van der Waals surface area contributed by atoms with Gasteiger partial charge in [0.2, 0.25) is 0 Å². The van der Waals surface area contributed by atoms with Gasteiger partial charge in [0.05, 0.1) is 0 Å². The number of carbonyl (C=O) groups excluding carboxylic acids is 1. The van der Waals surface area contributed by atoms with Gasteiger partial charge in [-0.05, 0) is 25.1 Å². The summed E-state index contributed by atoms with van der Waals surface area (Å²) >= 11 is 1.35. The monoisotopic (exact) mass is 250 g/mol. The van der Waals surface area contributed by atoms with Gasteiger partial charge in [-0.2, -0.15) is 0 Å². The Kier molecular flexibility index (Phi) is 3.28. The lowest BCUT2D eigenvalue weighted by atomic mass is 10.1. The number of benzene rings is 1. The number of nitrogens with zero attached hydrogens (tertiary/aromatic N) is 2. The molecule has 88 valence electrons. The van der Waals surface area contributed by atoms with Crippen molar-refractivity contribution in [1.29, 1.82) is 0 Å². The molecule has 0 amide bonds. The van der Waals surface area contributed by atoms with Crippen LogP contribution in [0, 0.1) is 5.82 Å². The van der Waals surface area contributed by atoms with Gasteiger partial charge in [0.15, 0.2) is 10.9 Å². The summed E-state index contributed by atoms with van der Waals surface area (Å²) in [4.78, 5) is 16.3. The molecule has 0 unspecified atom stereocenters. The lowest BCUT2D eigenvalue weighted by Gasteiger charge is -2.06. The van der Waals surface area contributed by atoms with Crippen LogP contribution in [0.3, 0.4) is 0 Å². The molecule has 1 heterocycles. The molecule has 17 heavy (non-hydrogen) atoms. The minimum atomic E-state index is -0.403. The number of aryl methyl sites for hydroxylation is 1. The van der Waals surface area contributed by atoms with Gasteiger partial charge in [0.25, 0.3) is 0 Å². The lowest BCUT2D eigenvalue weighted by molar-refractivity contribution is 0.101. The quantitative estimate of drug-likeness (QED) is 0.786. The van der Waals surface area contributed by atoms with Crippen LogP contribution in [0.4, 0.5) is 4.39 Å². The lowest BCUT2D eigenvalue weighted by Crippen LogP contribution is -1.97. The fourth-order valence-corrected chi connectivity index (χ4v) is 2.38. The number of ketones is 1. The van der Waals surface area contributed by atoms with Crippen molar-refractivity contribution in [3.63, 3.8) is 0 Å². The highest BCUT2D eigenvalue weighted by atomic mass is 32.2. The number of aromatic nitrogens is 2. The van der Waals surface area contributed by atoms with Crippen LogP contribution in [-0.4, -0.2) is 15.3 Å². The molecule has 2 aromatic rings. The molecule has 0 N–H and O–H groups in total. The zero-order chi connectivity index (χ0) is 12.4. The summed E-state index contributed by atoms with van der Waals surface area (Å²) in [6.07, 6.45) is 3.50. The molecule has 0 atom stereocenters. The first-order valence-corrected chi connectivity index (χ1v) is 5.85. The van der Waals surface area contributed by atoms with E-state index in [1.807, 2.05) is 17.8 Å². The van der Waals surface area contributed by atoms with Gasteiger partial charge in [0.1, 0.15) is 5.82 Å². The Hall–Kier alpha value is -1.62. The molecule has 0 aliphatic carbocycles. The largest absolute Gasteiger partial charge is 0.329 e. The number of halogens is 1. The third kappa shape index (κ3) is 2.55. The molecule has 0 fully saturated rings. The SMILES string of the molecule is CC(=O)c1cc(F)ccc1Sc1nccn1C. The summed E-state index contributed by atoms with van der Waals surface area (Å²) < 4.78 is 14.9. The van der Waals surface area contributed by atoms with E-state index >= 15 is 0 Å². The minimum absolute atomic E-state index is 0.152. The van der Waals surface area contributed by atoms with Crippen molar-refractivity contribution in [1.82, 2.24) is 9.55 Å². The smallest absolute Gasteiger partial charge is 0.172 e. The Morgan fingerprint density at radius 3 is 2.82 bits per heavy atom. The predicted molar refractivity (Wildman–Crippen MR) is 63.7 cm³/mol. The van der Waals surface area contributed by atoms with Gasteiger partial charge in [-0.15, -0.1) is 0 Å². The van der Waals surface area contributed by atoms with Crippen molar-refractivity contribution in [3.8, 4) is 0 Å². The summed E-state index contributed by atoms with van der Waals surface area (Å²) in [7, 11) is 1.87. The van der Waals surface area contributed by atoms with E-state index in [2.05, 4.69) is 4.98 Å². The van der Waals surface area contributed by atoms with Gasteiger partial charge in [0, 0.05) is 29.9 Å². The summed E-state index contributed by atoms with van der Waals surface area (Å²) in [5.74, 6) is -0.555. The van der Waals surface area contributed by atoms with E-state index in [1.54, 1.807) is 12.3 Å². The second-order valence-corrected chi connectivity index (χ2v) is 4.63. The van der Waals surface area contributed by atoms with Crippen molar-refractivity contribution in [3.05, 3.63) is 42.0 Å². The van der Waals surface area contributed by atoms with E-state index < -0.39 is 5.82 Å². The van der Waals surface area contributed by atoms with E-state index in [0.717, 1.165) is 5.16 Å². The van der Waals surface area contributed by atoms with Crippen LogP contribution < -0.4 is 0 Å². The molecule has 0 spiro atoms. The second-order valence-electron chi connectivity index (χ2n) is 3.62. The topological polar surface area (TPSA) is 34.9 Å². The summed E-state index contributed by atoms with van der Waals surface area (Å²) in [5.41, 5.74) is 0.387. The normalized spacial score (nSPS) is 10.5. The van der Waals surface area contributed by atoms with Gasteiger partial charge in [-0.1, -0.05) is 11.8 Å². The Balaban J connectivity index is 2.39. The molecule has 0 saturated heterocycles. The van der Waals surface area contributed by atoms with Crippen molar-refractivity contribution in [2.45, 2.75) is 17.0 Å². The van der Waals surface area contributed by atoms with Gasteiger partial charge in [-0.25, -0.2) is 9.37 Å². The molecule has 5 heteroatoms. The number of hydrogen-bond donors (Lipinski definition) is 0. The highest BCUT2D eigenvalue weighted by Gasteiger charge is 2.11. The highest BCUT2D eigenvalue weighted by molar-refractivity contribution is 7.99. The molecule has 3 nitrogen and oxygen atoms in total. The summed E-state index contributed by atoms with van der Waals surface area (Å²) in [5, 5.41) is 0.763. The molecular weight excluding hydrogens is 239 g/mol. The van der Waals surface area contributed by atoms with Crippen LogP contribution in [0.15, 0.2) is 40.6 Å². The van der Waals surface area contributed by atoms with E-state index in [9.17, 15) is 9.18 Å². The Bertz CT molecular complexity index is 565. The fourth-order valence-electron chi connectivity index (χ4n) is 1.41. The molecule has 0 radical (unpaired) electrons. The summed E-state index contributed by atoms with van der Waals surface area (Å²) in [6.45, 7) is 1.43. The average Bonchev–Trinajstić information content (AvgIpc) is 2.67. The first-order valence-electron chi connectivity index (χ1n) is 5.03. The number of imidazole rings is 1. The average molecular weight is 250 g/mol. The van der Waals surface area contributed by atoms with Gasteiger partial charge < -0.3 is 4.57 Å². The van der Waals surface area contributed by atoms with Gasteiger partial charge in [-0.3, -0.25) is 4.79 Å². The van der Waals surface area contributed by atoms with Crippen molar-refractivity contribution < 1.29 is 9.18 Å². The van der Waals surface area contributed by atoms with Crippen molar-refractivity contribution in [2.24, 2.45) is 7.05 Å². The number of carbonyl (C=O) groups is 1. The van der Waals surface area contributed by atoms with Crippen LogP contribution in [0.25, 0.3) is 0 Å². The molecule has 1 aromatic heterocycles. The maximum absolute atomic E-state index is 13.1. The van der Waals surface area contributed by atoms with Crippen LogP contribution in [0.5, 0.6) is 0 Å². The van der Waals surface area contributed by atoms with E-state index in [0.29, 0.717) is 10.5 Å². The number of rotatable bonds is 3. The third-order valence-corrected chi connectivity index (χ3v) is 3.45. The first kappa shape index (κ1) is 11.9. The minimum Gasteiger partial charge on any atom is -0.329 e. The standard InChI is InChI=1S/C12H11FN2OS/c1-8(16)10-7-9(13)3-4-11(10)17-12-14-5-6-15(12)2/h3-7H,1-2H3. The fraction of sp³-hybridized carbons (Fsp3) is 0.167. The maximum atomic E-state index is 13.1. The van der Waals surface area contributed by atoms with Crippen molar-refractivity contribution in [2.75, 3.05) is 0 Å². The van der Waals surface area contributed by atoms with Crippen molar-refractivity contribution >= 4 is 17.5 Å². The number of Topliss-reactive ketones (excluding diaryl/α,β-unsaturated/α-hetero) is 1. The zero-order valence-electron chi connectivity index (χ0n) is 9.48. The van der Waals surface area contributed by atoms with E-state index in [1.165, 1.54) is 30.8 Å². The zero-order valence-corrected chi connectivity index (χ0v) is 10.3. The Labute approximate surface area is 103 Å². The maximum Gasteiger partial charge on any atom is 0.172 e. The molecular formula is C12H11FN2OS. The Morgan fingerprint density at radius 1 is 1.47 bits per heavy atom. The predicted octanol–water partition coefficient (Wildman–Crippen LogP) is 2.91. The summed E-state index contributed by atoms with van der Waals surface area (Å²) in [6, 6.07) is 4.21. The molecule has 0 aliphatic heterocycles. The van der Waals surface area contributed by atoms with Gasteiger partial charge >= 0.3 is 0 Å². The third-order valence-electron chi connectivity index (χ3n) is 2.30. The second kappa shape index (κ2) is 4.71. The van der Waals surface area contributed by atoms with E-state index in [-0.39, 0.29) is 5.78 Å². The number of hydrogen-bond acceptors (Lipinski definition) is 3. The van der Waals surface area contributed by atoms with Crippen LogP contribution in [0.1, 0.15) is 17.3 Å². The molecule has 2 rings (SSSR count). The molecule has 0 aliphatic rings. The Morgan fingerprint density at radius 2 is 2.24 bits per heavy atom. The van der Waals surface area contributed by atoms with Crippen LogP contribution >= 0.6 is 11.8 Å². The highest BCUT2D eigenvalue weighted by Crippen LogP contribution is 2.29. The first-order chi connectivity index (χ1) is 8.08. The van der Waals surface area contributed by atoms with E-state index in [4.69, 9.17) is 0 Å². The van der Waals surface area contributed by atoms with Crippen LogP contribution in [0.2, 0.25) is 0 Å². The molecule has 0 saturated carbocycles. The molecule has 1 aromatic carbocycles.